The number of hydrogen-bond donors (Lipinski definition) is 3. The van der Waals surface area contributed by atoms with Gasteiger partial charge in [0.1, 0.15) is 0 Å². The summed E-state index contributed by atoms with van der Waals surface area (Å²) in [5.41, 5.74) is 12.5. The molecule has 0 saturated carbocycles. The average Bonchev–Trinajstić information content (AvgIpc) is 2.36. The molecule has 0 aliphatic carbocycles. The summed E-state index contributed by atoms with van der Waals surface area (Å²) in [6.45, 7) is 2.66. The van der Waals surface area contributed by atoms with Gasteiger partial charge in [0, 0.05) is 13.0 Å². The van der Waals surface area contributed by atoms with Crippen LogP contribution in [-0.4, -0.2) is 25.0 Å². The third kappa shape index (κ3) is 4.87. The van der Waals surface area contributed by atoms with E-state index >= 15 is 0 Å². The fraction of sp³-hybridized carbons (Fsp3) is 0.385. The van der Waals surface area contributed by atoms with Crippen molar-refractivity contribution in [1.82, 2.24) is 0 Å². The molecule has 0 unspecified atom stereocenters. The summed E-state index contributed by atoms with van der Waals surface area (Å²) in [5.74, 6) is -0.720. The molecule has 5 N–H and O–H groups in total. The first-order valence-electron chi connectivity index (χ1n) is 6.13. The summed E-state index contributed by atoms with van der Waals surface area (Å²) in [4.78, 5) is 22.1. The molecule has 104 valence electrons. The normalized spacial score (nSPS) is 9.95. The first kappa shape index (κ1) is 14.8. The van der Waals surface area contributed by atoms with Gasteiger partial charge in [-0.1, -0.05) is 0 Å². The monoisotopic (exact) mass is 265 g/mol. The third-order valence-corrected chi connectivity index (χ3v) is 2.48. The number of nitrogen functional groups attached to an aromatic ring is 1. The zero-order chi connectivity index (χ0) is 14.3. The summed E-state index contributed by atoms with van der Waals surface area (Å²) in [7, 11) is 0. The van der Waals surface area contributed by atoms with E-state index in [1.807, 2.05) is 0 Å². The highest BCUT2D eigenvalue weighted by Gasteiger charge is 2.08. The molecule has 0 fully saturated rings. The van der Waals surface area contributed by atoms with E-state index in [1.165, 1.54) is 0 Å². The van der Waals surface area contributed by atoms with Crippen molar-refractivity contribution < 1.29 is 14.3 Å². The van der Waals surface area contributed by atoms with Crippen LogP contribution in [0, 0.1) is 0 Å². The summed E-state index contributed by atoms with van der Waals surface area (Å²) in [5, 5.41) is 3.08. The van der Waals surface area contributed by atoms with Crippen LogP contribution in [0.2, 0.25) is 0 Å². The van der Waals surface area contributed by atoms with Gasteiger partial charge in [-0.2, -0.15) is 0 Å². The molecule has 0 saturated heterocycles. The minimum absolute atomic E-state index is 0.325. The van der Waals surface area contributed by atoms with E-state index in [-0.39, 0.29) is 5.91 Å². The van der Waals surface area contributed by atoms with Crippen LogP contribution in [0.5, 0.6) is 0 Å². The number of primary amides is 1. The Hall–Kier alpha value is -2.24. The molecule has 19 heavy (non-hydrogen) atoms. The van der Waals surface area contributed by atoms with Gasteiger partial charge in [0.2, 0.25) is 5.91 Å². The van der Waals surface area contributed by atoms with E-state index in [2.05, 4.69) is 5.32 Å². The number of benzene rings is 1. The molecule has 1 rings (SSSR count). The maximum absolute atomic E-state index is 11.5. The number of carbonyl (C=O) groups is 2. The van der Waals surface area contributed by atoms with E-state index < -0.39 is 5.97 Å². The second-order valence-corrected chi connectivity index (χ2v) is 4.02. The van der Waals surface area contributed by atoms with Crippen molar-refractivity contribution in [3.8, 4) is 0 Å². The average molecular weight is 265 g/mol. The number of carbonyl (C=O) groups excluding carboxylic acids is 2. The lowest BCUT2D eigenvalue weighted by Gasteiger charge is -2.10. The number of nitrogens with one attached hydrogen (secondary N) is 1. The molecule has 1 amide bonds. The molecule has 0 atom stereocenters. The second kappa shape index (κ2) is 7.25. The Kier molecular flexibility index (Phi) is 5.66. The topological polar surface area (TPSA) is 107 Å². The van der Waals surface area contributed by atoms with E-state index in [4.69, 9.17) is 16.2 Å². The molecule has 0 aliphatic heterocycles. The van der Waals surface area contributed by atoms with Crippen molar-refractivity contribution in [2.75, 3.05) is 24.2 Å². The summed E-state index contributed by atoms with van der Waals surface area (Å²) < 4.78 is 4.88. The van der Waals surface area contributed by atoms with Crippen LogP contribution in [0.25, 0.3) is 0 Å². The van der Waals surface area contributed by atoms with Gasteiger partial charge in [-0.25, -0.2) is 4.79 Å². The molecule has 6 nitrogen and oxygen atoms in total. The maximum Gasteiger partial charge on any atom is 0.338 e. The van der Waals surface area contributed by atoms with Crippen LogP contribution in [0.15, 0.2) is 18.2 Å². The molecule has 0 radical (unpaired) electrons. The van der Waals surface area contributed by atoms with Crippen molar-refractivity contribution in [2.45, 2.75) is 19.8 Å². The lowest BCUT2D eigenvalue weighted by Crippen LogP contribution is -2.13. The number of hydrogen-bond acceptors (Lipinski definition) is 5. The largest absolute Gasteiger partial charge is 0.462 e. The fourth-order valence-electron chi connectivity index (χ4n) is 1.55. The molecular weight excluding hydrogens is 246 g/mol. The lowest BCUT2D eigenvalue weighted by molar-refractivity contribution is -0.118. The van der Waals surface area contributed by atoms with E-state index in [9.17, 15) is 9.59 Å². The number of anilines is 2. The minimum Gasteiger partial charge on any atom is -0.462 e. The van der Waals surface area contributed by atoms with Gasteiger partial charge in [-0.3, -0.25) is 4.79 Å². The first-order valence-corrected chi connectivity index (χ1v) is 6.13. The number of amides is 1. The third-order valence-electron chi connectivity index (χ3n) is 2.48. The summed E-state index contributed by atoms with van der Waals surface area (Å²) in [6.07, 6.45) is 0.961. The number of ether oxygens (including phenoxy) is 1. The smallest absolute Gasteiger partial charge is 0.338 e. The van der Waals surface area contributed by atoms with Gasteiger partial charge in [-0.05, 0) is 31.5 Å². The Morgan fingerprint density at radius 1 is 1.37 bits per heavy atom. The molecule has 1 aromatic rings. The van der Waals surface area contributed by atoms with Crippen molar-refractivity contribution in [3.63, 3.8) is 0 Å². The van der Waals surface area contributed by atoms with Gasteiger partial charge < -0.3 is 21.5 Å². The molecular formula is C13H19N3O3. The van der Waals surface area contributed by atoms with E-state index in [0.29, 0.717) is 37.2 Å². The highest BCUT2D eigenvalue weighted by Crippen LogP contribution is 2.20. The van der Waals surface area contributed by atoms with Gasteiger partial charge in [0.15, 0.2) is 0 Å². The Morgan fingerprint density at radius 3 is 2.68 bits per heavy atom. The van der Waals surface area contributed by atoms with Crippen molar-refractivity contribution in [2.24, 2.45) is 5.73 Å². The molecule has 6 heteroatoms. The number of rotatable bonds is 7. The van der Waals surface area contributed by atoms with Crippen LogP contribution in [0.1, 0.15) is 30.1 Å². The Balaban J connectivity index is 2.57. The summed E-state index contributed by atoms with van der Waals surface area (Å²) in [6, 6.07) is 4.92. The quantitative estimate of drug-likeness (QED) is 0.389. The Bertz CT molecular complexity index is 460. The number of esters is 1. The van der Waals surface area contributed by atoms with Crippen LogP contribution in [-0.2, 0) is 9.53 Å². The van der Waals surface area contributed by atoms with Crippen molar-refractivity contribution >= 4 is 23.3 Å². The number of nitrogens with two attached hydrogens (primary N) is 2. The van der Waals surface area contributed by atoms with Crippen molar-refractivity contribution in [3.05, 3.63) is 23.8 Å². The second-order valence-electron chi connectivity index (χ2n) is 4.02. The highest BCUT2D eigenvalue weighted by atomic mass is 16.5. The zero-order valence-corrected chi connectivity index (χ0v) is 10.9. The molecule has 0 aromatic heterocycles. The predicted octanol–water partition coefficient (Wildman–Crippen LogP) is 1.12. The van der Waals surface area contributed by atoms with Gasteiger partial charge in [0.25, 0.3) is 0 Å². The fourth-order valence-corrected chi connectivity index (χ4v) is 1.55. The zero-order valence-electron chi connectivity index (χ0n) is 10.9. The van der Waals surface area contributed by atoms with Crippen molar-refractivity contribution in [1.29, 1.82) is 0 Å². The Morgan fingerprint density at radius 2 is 2.11 bits per heavy atom. The van der Waals surface area contributed by atoms with E-state index in [1.54, 1.807) is 25.1 Å². The molecule has 0 spiro atoms. The summed E-state index contributed by atoms with van der Waals surface area (Å²) >= 11 is 0. The lowest BCUT2D eigenvalue weighted by atomic mass is 10.1. The predicted molar refractivity (Wildman–Crippen MR) is 73.7 cm³/mol. The first-order chi connectivity index (χ1) is 9.04. The molecule has 0 aliphatic rings. The molecule has 0 heterocycles. The van der Waals surface area contributed by atoms with Crippen LogP contribution in [0.3, 0.4) is 0 Å². The van der Waals surface area contributed by atoms with Gasteiger partial charge in [0.05, 0.1) is 23.5 Å². The minimum atomic E-state index is -0.394. The SMILES string of the molecule is CCOC(=O)c1ccc(NCCCC(N)=O)c(N)c1. The van der Waals surface area contributed by atoms with Gasteiger partial charge >= 0.3 is 5.97 Å². The van der Waals surface area contributed by atoms with Crippen LogP contribution < -0.4 is 16.8 Å². The maximum atomic E-state index is 11.5. The van der Waals surface area contributed by atoms with Crippen LogP contribution >= 0.6 is 0 Å². The molecule has 1 aromatic carbocycles. The van der Waals surface area contributed by atoms with Crippen LogP contribution in [0.4, 0.5) is 11.4 Å². The molecule has 0 bridgehead atoms. The van der Waals surface area contributed by atoms with E-state index in [0.717, 1.165) is 5.69 Å². The Labute approximate surface area is 112 Å². The highest BCUT2D eigenvalue weighted by molar-refractivity contribution is 5.91. The van der Waals surface area contributed by atoms with Gasteiger partial charge in [-0.15, -0.1) is 0 Å². The standard InChI is InChI=1S/C13H19N3O3/c1-2-19-13(18)9-5-6-11(10(14)8-9)16-7-3-4-12(15)17/h5-6,8,16H,2-4,7,14H2,1H3,(H2,15,17).